The van der Waals surface area contributed by atoms with E-state index in [1.54, 1.807) is 12.1 Å². The fourth-order valence-corrected chi connectivity index (χ4v) is 5.96. The van der Waals surface area contributed by atoms with E-state index >= 15 is 0 Å². The average molecular weight is 533 g/mol. The lowest BCUT2D eigenvalue weighted by molar-refractivity contribution is -0.276. The van der Waals surface area contributed by atoms with Crippen LogP contribution in [0.15, 0.2) is 36.4 Å². The second kappa shape index (κ2) is 11.1. The Morgan fingerprint density at radius 1 is 0.730 bits per heavy atom. The van der Waals surface area contributed by atoms with E-state index in [0.717, 1.165) is 49.0 Å². The first kappa shape index (κ1) is 27.6. The summed E-state index contributed by atoms with van der Waals surface area (Å²) in [6, 6.07) is 6.10. The van der Waals surface area contributed by atoms with Crippen molar-refractivity contribution in [1.82, 2.24) is 0 Å². The first-order valence-electron chi connectivity index (χ1n) is 12.9. The molecule has 2 fully saturated rings. The molecule has 0 heterocycles. The summed E-state index contributed by atoms with van der Waals surface area (Å²) in [7, 11) is 0. The van der Waals surface area contributed by atoms with Crippen LogP contribution in [0.25, 0.3) is 0 Å². The van der Waals surface area contributed by atoms with E-state index in [1.807, 2.05) is 0 Å². The highest BCUT2D eigenvalue weighted by molar-refractivity contribution is 5.36. The number of rotatable bonds is 7. The van der Waals surface area contributed by atoms with Crippen molar-refractivity contribution in [1.29, 1.82) is 0 Å². The predicted octanol–water partition coefficient (Wildman–Crippen LogP) is 9.48. The third-order valence-corrected chi connectivity index (χ3v) is 8.06. The molecule has 2 aromatic carbocycles. The van der Waals surface area contributed by atoms with Crippen LogP contribution in [-0.4, -0.2) is 6.36 Å². The van der Waals surface area contributed by atoms with Crippen LogP contribution in [0.1, 0.15) is 81.8 Å². The van der Waals surface area contributed by atoms with Crippen LogP contribution in [0, 0.1) is 29.4 Å². The maximum Gasteiger partial charge on any atom is 0.573 e. The Bertz CT molecular complexity index is 1010. The molecule has 9 heteroatoms. The first-order chi connectivity index (χ1) is 17.4. The Morgan fingerprint density at radius 3 is 1.73 bits per heavy atom. The van der Waals surface area contributed by atoms with E-state index in [9.17, 15) is 30.7 Å². The second-order valence-corrected chi connectivity index (χ2v) is 10.3. The van der Waals surface area contributed by atoms with Gasteiger partial charge in [0.15, 0.2) is 11.6 Å². The van der Waals surface area contributed by atoms with E-state index in [1.165, 1.54) is 44.2 Å². The summed E-state index contributed by atoms with van der Waals surface area (Å²) >= 11 is 0. The third kappa shape index (κ3) is 6.90. The van der Waals surface area contributed by atoms with E-state index in [-0.39, 0.29) is 18.1 Å². The van der Waals surface area contributed by atoms with Gasteiger partial charge >= 0.3 is 12.5 Å². The first-order valence-corrected chi connectivity index (χ1v) is 12.9. The van der Waals surface area contributed by atoms with Crippen molar-refractivity contribution in [2.24, 2.45) is 17.8 Å². The summed E-state index contributed by atoms with van der Waals surface area (Å²) in [5, 5.41) is 0. The van der Waals surface area contributed by atoms with E-state index in [2.05, 4.69) is 16.4 Å². The standard InChI is InChI=1S/C28H31F7O2/c1-2-17-3-5-18(6-4-17)19-7-9-20(10-8-19)21-11-13-22(14-12-21)27(31,32)36-23-15-24(29)26(25(30)16-23)37-28(33,34)35/h11-20H,2-10H2,1H3/t17-,18-,19?,20?. The molecule has 0 aliphatic heterocycles. The van der Waals surface area contributed by atoms with E-state index < -0.39 is 41.2 Å². The Morgan fingerprint density at radius 2 is 1.24 bits per heavy atom. The SMILES string of the molecule is CC[C@H]1CC[C@H](C2CCC(c3ccc(C(F)(F)Oc4cc(F)c(OC(F)(F)F)c(F)c4)cc3)CC2)CC1. The molecule has 0 radical (unpaired) electrons. The lowest BCUT2D eigenvalue weighted by atomic mass is 9.68. The zero-order valence-corrected chi connectivity index (χ0v) is 20.6. The molecule has 2 nitrogen and oxygen atoms in total. The van der Waals surface area contributed by atoms with Crippen molar-refractivity contribution in [3.05, 3.63) is 59.2 Å². The maximum atomic E-state index is 14.7. The van der Waals surface area contributed by atoms with Crippen molar-refractivity contribution >= 4 is 0 Å². The van der Waals surface area contributed by atoms with Gasteiger partial charge in [-0.25, -0.2) is 8.78 Å². The summed E-state index contributed by atoms with van der Waals surface area (Å²) in [6.45, 7) is 2.26. The molecule has 2 aliphatic rings. The molecule has 0 amide bonds. The van der Waals surface area contributed by atoms with Gasteiger partial charge < -0.3 is 9.47 Å². The Kier molecular flexibility index (Phi) is 8.29. The second-order valence-electron chi connectivity index (χ2n) is 10.3. The molecule has 0 N–H and O–H groups in total. The summed E-state index contributed by atoms with van der Waals surface area (Å²) in [5.74, 6) is -3.64. The van der Waals surface area contributed by atoms with Crippen LogP contribution < -0.4 is 9.47 Å². The van der Waals surface area contributed by atoms with Crippen LogP contribution in [-0.2, 0) is 6.11 Å². The van der Waals surface area contributed by atoms with Gasteiger partial charge in [0.25, 0.3) is 0 Å². The molecule has 4 rings (SSSR count). The van der Waals surface area contributed by atoms with Gasteiger partial charge in [-0.05, 0) is 79.9 Å². The smallest absolute Gasteiger partial charge is 0.429 e. The molecule has 0 spiro atoms. The maximum absolute atomic E-state index is 14.7. The van der Waals surface area contributed by atoms with Crippen molar-refractivity contribution in [3.8, 4) is 11.5 Å². The van der Waals surface area contributed by atoms with Crippen LogP contribution >= 0.6 is 0 Å². The van der Waals surface area contributed by atoms with Crippen molar-refractivity contribution in [2.45, 2.75) is 83.1 Å². The number of hydrogen-bond donors (Lipinski definition) is 0. The van der Waals surface area contributed by atoms with Crippen LogP contribution in [0.4, 0.5) is 30.7 Å². The largest absolute Gasteiger partial charge is 0.573 e. The topological polar surface area (TPSA) is 18.5 Å². The zero-order chi connectivity index (χ0) is 26.8. The number of hydrogen-bond acceptors (Lipinski definition) is 2. The summed E-state index contributed by atoms with van der Waals surface area (Å²) in [5.41, 5.74) is 0.424. The van der Waals surface area contributed by atoms with E-state index in [4.69, 9.17) is 0 Å². The normalized spacial score (nSPS) is 25.1. The van der Waals surface area contributed by atoms with Gasteiger partial charge in [-0.2, -0.15) is 8.78 Å². The number of alkyl halides is 5. The zero-order valence-electron chi connectivity index (χ0n) is 20.6. The summed E-state index contributed by atoms with van der Waals surface area (Å²) < 4.78 is 102. The lowest BCUT2D eigenvalue weighted by Gasteiger charge is -2.38. The molecule has 204 valence electrons. The van der Waals surface area contributed by atoms with Crippen LogP contribution in [0.3, 0.4) is 0 Å². The van der Waals surface area contributed by atoms with Crippen LogP contribution in [0.2, 0.25) is 0 Å². The molecular weight excluding hydrogens is 501 g/mol. The highest BCUT2D eigenvalue weighted by Crippen LogP contribution is 2.45. The van der Waals surface area contributed by atoms with Gasteiger partial charge in [-0.3, -0.25) is 0 Å². The Labute approximate surface area is 212 Å². The van der Waals surface area contributed by atoms with Gasteiger partial charge in [-0.1, -0.05) is 38.3 Å². The van der Waals surface area contributed by atoms with Gasteiger partial charge in [0.05, 0.1) is 5.56 Å². The minimum atomic E-state index is -5.34. The Hall–Kier alpha value is -2.45. The fourth-order valence-electron chi connectivity index (χ4n) is 5.96. The minimum absolute atomic E-state index is 0.222. The van der Waals surface area contributed by atoms with E-state index in [0.29, 0.717) is 0 Å². The predicted molar refractivity (Wildman–Crippen MR) is 124 cm³/mol. The molecule has 2 saturated carbocycles. The number of halogens is 7. The molecule has 0 aromatic heterocycles. The average Bonchev–Trinajstić information content (AvgIpc) is 2.86. The Balaban J connectivity index is 1.35. The number of benzene rings is 2. The highest BCUT2D eigenvalue weighted by atomic mass is 19.4. The van der Waals surface area contributed by atoms with Gasteiger partial charge in [0, 0.05) is 12.1 Å². The molecule has 0 saturated heterocycles. The third-order valence-electron chi connectivity index (χ3n) is 8.06. The monoisotopic (exact) mass is 532 g/mol. The van der Waals surface area contributed by atoms with Gasteiger partial charge in [0.1, 0.15) is 5.75 Å². The number of ether oxygens (including phenoxy) is 2. The minimum Gasteiger partial charge on any atom is -0.429 e. The molecule has 2 aliphatic carbocycles. The molecule has 0 bridgehead atoms. The fraction of sp³-hybridized carbons (Fsp3) is 0.571. The van der Waals surface area contributed by atoms with Crippen molar-refractivity contribution in [2.75, 3.05) is 0 Å². The van der Waals surface area contributed by atoms with Crippen molar-refractivity contribution < 1.29 is 40.2 Å². The van der Waals surface area contributed by atoms with Crippen LogP contribution in [0.5, 0.6) is 11.5 Å². The molecule has 0 unspecified atom stereocenters. The molecule has 37 heavy (non-hydrogen) atoms. The summed E-state index contributed by atoms with van der Waals surface area (Å²) in [6.07, 6.45) is 1.51. The quantitative estimate of drug-likeness (QED) is 0.331. The molecule has 0 atom stereocenters. The highest BCUT2D eigenvalue weighted by Gasteiger charge is 2.38. The summed E-state index contributed by atoms with van der Waals surface area (Å²) in [4.78, 5) is 0. The lowest BCUT2D eigenvalue weighted by Crippen LogP contribution is -2.25. The molecule has 2 aromatic rings. The molecular formula is C28H31F7O2. The van der Waals surface area contributed by atoms with Gasteiger partial charge in [-0.15, -0.1) is 13.2 Å². The van der Waals surface area contributed by atoms with Crippen molar-refractivity contribution in [3.63, 3.8) is 0 Å². The van der Waals surface area contributed by atoms with Gasteiger partial charge in [0.2, 0.25) is 5.75 Å².